The van der Waals surface area contributed by atoms with Crippen LogP contribution in [0.2, 0.25) is 0 Å². The Morgan fingerprint density at radius 1 is 1.15 bits per heavy atom. The Hall–Kier alpha value is -2.23. The zero-order chi connectivity index (χ0) is 23.6. The number of esters is 1. The van der Waals surface area contributed by atoms with Crippen molar-refractivity contribution in [2.45, 2.75) is 51.2 Å². The predicted molar refractivity (Wildman–Crippen MR) is 129 cm³/mol. The Morgan fingerprint density at radius 3 is 2.55 bits per heavy atom. The van der Waals surface area contributed by atoms with Gasteiger partial charge in [-0.3, -0.25) is 4.79 Å². The zero-order valence-corrected chi connectivity index (χ0v) is 20.7. The molecule has 1 fully saturated rings. The van der Waals surface area contributed by atoms with Gasteiger partial charge in [0.2, 0.25) is 15.9 Å². The Balaban J connectivity index is 1.41. The van der Waals surface area contributed by atoms with Crippen LogP contribution in [0.25, 0.3) is 0 Å². The van der Waals surface area contributed by atoms with E-state index in [4.69, 9.17) is 4.74 Å². The molecule has 0 atom stereocenters. The van der Waals surface area contributed by atoms with Gasteiger partial charge in [0.15, 0.2) is 0 Å². The summed E-state index contributed by atoms with van der Waals surface area (Å²) in [5.74, 6) is -0.893. The average molecular weight is 491 g/mol. The van der Waals surface area contributed by atoms with Crippen molar-refractivity contribution < 1.29 is 22.7 Å². The Morgan fingerprint density at radius 2 is 1.85 bits per heavy atom. The highest BCUT2D eigenvalue weighted by atomic mass is 32.2. The molecule has 1 N–H and O–H groups in total. The summed E-state index contributed by atoms with van der Waals surface area (Å²) in [7, 11) is -2.09. The highest BCUT2D eigenvalue weighted by Gasteiger charge is 2.33. The number of aryl methyl sites for hydroxylation is 2. The molecule has 178 valence electrons. The van der Waals surface area contributed by atoms with Gasteiger partial charge in [0.1, 0.15) is 5.00 Å². The predicted octanol–water partition coefficient (Wildman–Crippen LogP) is 3.90. The minimum atomic E-state index is -3.45. The van der Waals surface area contributed by atoms with Gasteiger partial charge in [0.25, 0.3) is 0 Å². The van der Waals surface area contributed by atoms with Gasteiger partial charge in [-0.05, 0) is 62.1 Å². The summed E-state index contributed by atoms with van der Waals surface area (Å²) < 4.78 is 32.3. The van der Waals surface area contributed by atoms with Crippen molar-refractivity contribution in [1.82, 2.24) is 4.31 Å². The second-order valence-corrected chi connectivity index (χ2v) is 11.8. The fourth-order valence-electron chi connectivity index (χ4n) is 4.64. The number of sulfonamides is 1. The number of thiophene rings is 1. The van der Waals surface area contributed by atoms with Crippen molar-refractivity contribution in [3.8, 4) is 0 Å². The van der Waals surface area contributed by atoms with Gasteiger partial charge in [0.05, 0.1) is 18.4 Å². The second-order valence-electron chi connectivity index (χ2n) is 8.75. The van der Waals surface area contributed by atoms with E-state index in [0.29, 0.717) is 36.5 Å². The molecule has 0 unspecified atom stereocenters. The number of anilines is 1. The molecule has 7 nitrogen and oxygen atoms in total. The van der Waals surface area contributed by atoms with Crippen LogP contribution in [0.4, 0.5) is 5.00 Å². The molecule has 1 aromatic heterocycles. The summed E-state index contributed by atoms with van der Waals surface area (Å²) in [6.45, 7) is 2.54. The number of methoxy groups -OCH3 is 1. The normalized spacial score (nSPS) is 17.4. The summed E-state index contributed by atoms with van der Waals surface area (Å²) in [5.41, 5.74) is 3.25. The first-order valence-electron chi connectivity index (χ1n) is 11.4. The van der Waals surface area contributed by atoms with Gasteiger partial charge >= 0.3 is 5.97 Å². The molecule has 1 aromatic carbocycles. The summed E-state index contributed by atoms with van der Waals surface area (Å²) in [6, 6.07) is 7.49. The summed E-state index contributed by atoms with van der Waals surface area (Å²) in [4.78, 5) is 26.6. The number of fused-ring (bicyclic) bond motifs is 1. The highest BCUT2D eigenvalue weighted by molar-refractivity contribution is 7.88. The number of piperidine rings is 1. The largest absolute Gasteiger partial charge is 0.465 e. The Kier molecular flexibility index (Phi) is 7.21. The van der Waals surface area contributed by atoms with Gasteiger partial charge < -0.3 is 10.1 Å². The maximum atomic E-state index is 13.0. The van der Waals surface area contributed by atoms with Crippen LogP contribution in [0.5, 0.6) is 0 Å². The lowest BCUT2D eigenvalue weighted by molar-refractivity contribution is -0.120. The lowest BCUT2D eigenvalue weighted by Crippen LogP contribution is -2.42. The number of carbonyl (C=O) groups excluding carboxylic acids is 2. The number of hydrogen-bond donors (Lipinski definition) is 1. The molecule has 0 saturated carbocycles. The van der Waals surface area contributed by atoms with Crippen molar-refractivity contribution in [3.05, 3.63) is 51.4 Å². The van der Waals surface area contributed by atoms with Crippen LogP contribution >= 0.6 is 11.3 Å². The first-order valence-corrected chi connectivity index (χ1v) is 13.8. The van der Waals surface area contributed by atoms with Crippen molar-refractivity contribution in [2.24, 2.45) is 5.92 Å². The van der Waals surface area contributed by atoms with Crippen LogP contribution in [-0.4, -0.2) is 44.8 Å². The molecule has 0 bridgehead atoms. The van der Waals surface area contributed by atoms with E-state index in [1.54, 1.807) is 0 Å². The smallest absolute Gasteiger partial charge is 0.341 e. The summed E-state index contributed by atoms with van der Waals surface area (Å²) in [6.07, 6.45) is 4.75. The maximum absolute atomic E-state index is 13.0. The van der Waals surface area contributed by atoms with Gasteiger partial charge in [-0.25, -0.2) is 17.5 Å². The Bertz CT molecular complexity index is 1150. The monoisotopic (exact) mass is 490 g/mol. The van der Waals surface area contributed by atoms with Crippen LogP contribution in [0, 0.1) is 12.8 Å². The standard InChI is InChI=1S/C24H30N2O5S2/c1-16-7-3-4-8-18(16)15-33(29,30)26-13-11-17(12-14-26)22(27)25-23-21(24(28)31-2)19-9-5-6-10-20(19)32-23/h3-4,7-8,17H,5-6,9-15H2,1-2H3,(H,25,27). The molecule has 4 rings (SSSR count). The van der Waals surface area contributed by atoms with Gasteiger partial charge in [0, 0.05) is 23.9 Å². The zero-order valence-electron chi connectivity index (χ0n) is 19.1. The second kappa shape index (κ2) is 9.95. The van der Waals surface area contributed by atoms with Crippen molar-refractivity contribution >= 4 is 38.2 Å². The van der Waals surface area contributed by atoms with Crippen LogP contribution in [0.15, 0.2) is 24.3 Å². The molecule has 1 aliphatic heterocycles. The number of nitrogens with zero attached hydrogens (tertiary/aromatic N) is 1. The quantitative estimate of drug-likeness (QED) is 0.620. The van der Waals surface area contributed by atoms with Crippen LogP contribution in [0.1, 0.15) is 57.6 Å². The molecular weight excluding hydrogens is 460 g/mol. The number of rotatable bonds is 6. The van der Waals surface area contributed by atoms with E-state index < -0.39 is 16.0 Å². The Labute approximate surface area is 199 Å². The summed E-state index contributed by atoms with van der Waals surface area (Å²) >= 11 is 1.47. The highest BCUT2D eigenvalue weighted by Crippen LogP contribution is 2.39. The molecule has 1 aliphatic carbocycles. The average Bonchev–Trinajstić information content (AvgIpc) is 3.17. The lowest BCUT2D eigenvalue weighted by Gasteiger charge is -2.30. The number of benzene rings is 1. The van der Waals surface area contributed by atoms with Gasteiger partial charge in [-0.2, -0.15) is 0 Å². The van der Waals surface area contributed by atoms with E-state index in [9.17, 15) is 18.0 Å². The maximum Gasteiger partial charge on any atom is 0.341 e. The van der Waals surface area contributed by atoms with Crippen molar-refractivity contribution in [3.63, 3.8) is 0 Å². The minimum absolute atomic E-state index is 0.0280. The molecule has 2 aromatic rings. The molecule has 0 radical (unpaired) electrons. The fourth-order valence-corrected chi connectivity index (χ4v) is 7.59. The molecule has 1 saturated heterocycles. The van der Waals surface area contributed by atoms with Crippen LogP contribution in [0.3, 0.4) is 0 Å². The molecule has 1 amide bonds. The lowest BCUT2D eigenvalue weighted by atomic mass is 9.95. The fraction of sp³-hybridized carbons (Fsp3) is 0.500. The third kappa shape index (κ3) is 5.15. The van der Waals surface area contributed by atoms with Gasteiger partial charge in [-0.1, -0.05) is 24.3 Å². The van der Waals surface area contributed by atoms with Crippen molar-refractivity contribution in [2.75, 3.05) is 25.5 Å². The molecule has 0 spiro atoms. The first-order chi connectivity index (χ1) is 15.8. The van der Waals surface area contributed by atoms with E-state index in [0.717, 1.165) is 47.3 Å². The molecule has 2 aliphatic rings. The molecule has 2 heterocycles. The SMILES string of the molecule is COC(=O)c1c(NC(=O)C2CCN(S(=O)(=O)Cc3ccccc3C)CC2)sc2c1CCCC2. The van der Waals surface area contributed by atoms with Crippen molar-refractivity contribution in [1.29, 1.82) is 0 Å². The van der Waals surface area contributed by atoms with Crippen LogP contribution < -0.4 is 5.32 Å². The summed E-state index contributed by atoms with van der Waals surface area (Å²) in [5, 5.41) is 3.53. The van der Waals surface area contributed by atoms with E-state index in [1.165, 1.54) is 22.8 Å². The molecular formula is C24H30N2O5S2. The van der Waals surface area contributed by atoms with Crippen LogP contribution in [-0.2, 0) is 38.1 Å². The van der Waals surface area contributed by atoms with E-state index in [1.807, 2.05) is 31.2 Å². The minimum Gasteiger partial charge on any atom is -0.465 e. The molecule has 9 heteroatoms. The number of carbonyl (C=O) groups is 2. The van der Waals surface area contributed by atoms with E-state index >= 15 is 0 Å². The number of amides is 1. The number of nitrogens with one attached hydrogen (secondary N) is 1. The number of hydrogen-bond acceptors (Lipinski definition) is 6. The van der Waals surface area contributed by atoms with Gasteiger partial charge in [-0.15, -0.1) is 11.3 Å². The third-order valence-electron chi connectivity index (χ3n) is 6.61. The molecule has 33 heavy (non-hydrogen) atoms. The number of ether oxygens (including phenoxy) is 1. The van der Waals surface area contributed by atoms with E-state index in [2.05, 4.69) is 5.32 Å². The van der Waals surface area contributed by atoms with E-state index in [-0.39, 0.29) is 17.6 Å². The first kappa shape index (κ1) is 23.9. The third-order valence-corrected chi connectivity index (χ3v) is 9.65. The topological polar surface area (TPSA) is 92.8 Å².